The molecule has 0 aliphatic carbocycles. The zero-order chi connectivity index (χ0) is 22.2. The first-order chi connectivity index (χ1) is 15.7. The first kappa shape index (κ1) is 21.5. The Labute approximate surface area is 192 Å². The van der Waals surface area contributed by atoms with E-state index in [1.165, 1.54) is 0 Å². The van der Waals surface area contributed by atoms with Crippen molar-refractivity contribution in [2.24, 2.45) is 0 Å². The maximum absolute atomic E-state index is 12.6. The van der Waals surface area contributed by atoms with E-state index in [1.807, 2.05) is 72.8 Å². The van der Waals surface area contributed by atoms with Gasteiger partial charge in [0, 0.05) is 28.9 Å². The number of ether oxygens (including phenoxy) is 1. The predicted molar refractivity (Wildman–Crippen MR) is 125 cm³/mol. The summed E-state index contributed by atoms with van der Waals surface area (Å²) in [6.45, 7) is 0.802. The van der Waals surface area contributed by atoms with Gasteiger partial charge in [-0.1, -0.05) is 54.1 Å². The van der Waals surface area contributed by atoms with Gasteiger partial charge in [0.15, 0.2) is 0 Å². The Morgan fingerprint density at radius 3 is 2.53 bits per heavy atom. The summed E-state index contributed by atoms with van der Waals surface area (Å²) in [6, 6.07) is 26.5. The summed E-state index contributed by atoms with van der Waals surface area (Å²) in [4.78, 5) is 21.3. The zero-order valence-corrected chi connectivity index (χ0v) is 18.1. The molecule has 32 heavy (non-hydrogen) atoms. The van der Waals surface area contributed by atoms with Crippen LogP contribution >= 0.6 is 11.6 Å². The van der Waals surface area contributed by atoms with E-state index in [0.29, 0.717) is 30.3 Å². The fourth-order valence-electron chi connectivity index (χ4n) is 3.23. The highest BCUT2D eigenvalue weighted by Crippen LogP contribution is 2.26. The normalized spacial score (nSPS) is 10.5. The van der Waals surface area contributed by atoms with Gasteiger partial charge in [-0.3, -0.25) is 9.78 Å². The first-order valence-corrected chi connectivity index (χ1v) is 10.6. The summed E-state index contributed by atoms with van der Waals surface area (Å²) in [7, 11) is 0. The number of nitrogens with zero attached hydrogens (tertiary/aromatic N) is 2. The molecule has 0 spiro atoms. The van der Waals surface area contributed by atoms with Gasteiger partial charge in [-0.25, -0.2) is 4.98 Å². The quantitative estimate of drug-likeness (QED) is 0.405. The SMILES string of the molecule is O=C(NCc1ccccn1)c1cccc(Cc2cc(Cl)ccc2OCc2ccccc2)n1. The largest absolute Gasteiger partial charge is 0.489 e. The summed E-state index contributed by atoms with van der Waals surface area (Å²) >= 11 is 6.24. The summed E-state index contributed by atoms with van der Waals surface area (Å²) in [5, 5.41) is 3.48. The Morgan fingerprint density at radius 1 is 0.906 bits per heavy atom. The number of benzene rings is 2. The van der Waals surface area contributed by atoms with Gasteiger partial charge in [0.05, 0.1) is 12.2 Å². The second-order valence-corrected chi connectivity index (χ2v) is 7.66. The maximum Gasteiger partial charge on any atom is 0.270 e. The lowest BCUT2D eigenvalue weighted by Gasteiger charge is -2.13. The number of hydrogen-bond donors (Lipinski definition) is 1. The Kier molecular flexibility index (Phi) is 7.10. The molecule has 0 radical (unpaired) electrons. The van der Waals surface area contributed by atoms with E-state index in [-0.39, 0.29) is 5.91 Å². The van der Waals surface area contributed by atoms with Crippen LogP contribution in [0.25, 0.3) is 0 Å². The van der Waals surface area contributed by atoms with Crippen molar-refractivity contribution >= 4 is 17.5 Å². The lowest BCUT2D eigenvalue weighted by Crippen LogP contribution is -2.24. The molecule has 4 aromatic rings. The van der Waals surface area contributed by atoms with Crippen molar-refractivity contribution < 1.29 is 9.53 Å². The molecule has 0 atom stereocenters. The molecule has 0 saturated heterocycles. The van der Waals surface area contributed by atoms with Crippen LogP contribution in [0.1, 0.15) is 33.0 Å². The maximum atomic E-state index is 12.6. The fourth-order valence-corrected chi connectivity index (χ4v) is 3.42. The molecule has 0 fully saturated rings. The van der Waals surface area contributed by atoms with Crippen LogP contribution in [0, 0.1) is 0 Å². The van der Waals surface area contributed by atoms with Crippen LogP contribution in [0.3, 0.4) is 0 Å². The lowest BCUT2D eigenvalue weighted by molar-refractivity contribution is 0.0945. The minimum absolute atomic E-state index is 0.246. The zero-order valence-electron chi connectivity index (χ0n) is 17.4. The van der Waals surface area contributed by atoms with Crippen LogP contribution in [0.5, 0.6) is 5.75 Å². The smallest absolute Gasteiger partial charge is 0.270 e. The van der Waals surface area contributed by atoms with Crippen molar-refractivity contribution in [1.29, 1.82) is 0 Å². The molecule has 0 saturated carbocycles. The molecule has 0 aliphatic heterocycles. The Bertz CT molecular complexity index is 1180. The monoisotopic (exact) mass is 443 g/mol. The van der Waals surface area contributed by atoms with Gasteiger partial charge in [-0.15, -0.1) is 0 Å². The van der Waals surface area contributed by atoms with Crippen molar-refractivity contribution in [2.75, 3.05) is 0 Å². The van der Waals surface area contributed by atoms with E-state index >= 15 is 0 Å². The Hall–Kier alpha value is -3.70. The molecule has 2 heterocycles. The number of nitrogens with one attached hydrogen (secondary N) is 1. The number of halogens is 1. The van der Waals surface area contributed by atoms with Gasteiger partial charge in [0.25, 0.3) is 5.91 Å². The summed E-state index contributed by atoms with van der Waals surface area (Å²) in [5.74, 6) is 0.495. The van der Waals surface area contributed by atoms with Gasteiger partial charge in [-0.2, -0.15) is 0 Å². The second kappa shape index (κ2) is 10.6. The van der Waals surface area contributed by atoms with Crippen molar-refractivity contribution in [1.82, 2.24) is 15.3 Å². The molecule has 6 heteroatoms. The van der Waals surface area contributed by atoms with Crippen LogP contribution in [0.2, 0.25) is 5.02 Å². The van der Waals surface area contributed by atoms with Crippen LogP contribution in [0.4, 0.5) is 0 Å². The molecule has 0 unspecified atom stereocenters. The van der Waals surface area contributed by atoms with Gasteiger partial charge in [0.2, 0.25) is 0 Å². The van der Waals surface area contributed by atoms with Crippen molar-refractivity contribution in [3.63, 3.8) is 0 Å². The third-order valence-electron chi connectivity index (χ3n) is 4.83. The summed E-state index contributed by atoms with van der Waals surface area (Å²) in [5.41, 5.74) is 3.88. The molecule has 5 nitrogen and oxygen atoms in total. The second-order valence-electron chi connectivity index (χ2n) is 7.22. The Balaban J connectivity index is 1.45. The first-order valence-electron chi connectivity index (χ1n) is 10.3. The lowest BCUT2D eigenvalue weighted by atomic mass is 10.1. The van der Waals surface area contributed by atoms with Gasteiger partial charge in [-0.05, 0) is 48.0 Å². The highest BCUT2D eigenvalue weighted by Gasteiger charge is 2.11. The van der Waals surface area contributed by atoms with E-state index in [0.717, 1.165) is 28.3 Å². The van der Waals surface area contributed by atoms with Gasteiger partial charge >= 0.3 is 0 Å². The number of carbonyl (C=O) groups excluding carboxylic acids is 1. The van der Waals surface area contributed by atoms with Crippen LogP contribution in [-0.2, 0) is 19.6 Å². The summed E-state index contributed by atoms with van der Waals surface area (Å²) in [6.07, 6.45) is 2.19. The van der Waals surface area contributed by atoms with Crippen molar-refractivity contribution in [2.45, 2.75) is 19.6 Å². The average molecular weight is 444 g/mol. The number of amides is 1. The summed E-state index contributed by atoms with van der Waals surface area (Å²) < 4.78 is 6.04. The molecule has 0 bridgehead atoms. The average Bonchev–Trinajstić information content (AvgIpc) is 2.83. The van der Waals surface area contributed by atoms with E-state index in [9.17, 15) is 4.79 Å². The minimum atomic E-state index is -0.246. The molecule has 2 aromatic heterocycles. The number of hydrogen-bond acceptors (Lipinski definition) is 4. The molecule has 1 N–H and O–H groups in total. The minimum Gasteiger partial charge on any atom is -0.489 e. The third-order valence-corrected chi connectivity index (χ3v) is 5.06. The van der Waals surface area contributed by atoms with Crippen LogP contribution in [0.15, 0.2) is 91.1 Å². The molecule has 2 aromatic carbocycles. The number of pyridine rings is 2. The molecular weight excluding hydrogens is 422 g/mol. The van der Waals surface area contributed by atoms with Gasteiger partial charge in [0.1, 0.15) is 18.1 Å². The van der Waals surface area contributed by atoms with E-state index in [2.05, 4.69) is 15.3 Å². The topological polar surface area (TPSA) is 64.1 Å². The molecular formula is C26H22ClN3O2. The van der Waals surface area contributed by atoms with Crippen molar-refractivity contribution in [3.05, 3.63) is 124 Å². The van der Waals surface area contributed by atoms with E-state index in [1.54, 1.807) is 18.3 Å². The van der Waals surface area contributed by atoms with Crippen molar-refractivity contribution in [3.8, 4) is 5.75 Å². The van der Waals surface area contributed by atoms with E-state index < -0.39 is 0 Å². The standard InChI is InChI=1S/C26H22ClN3O2/c27-21-12-13-25(32-18-19-7-2-1-3-8-19)20(15-21)16-22-10-6-11-24(30-22)26(31)29-17-23-9-4-5-14-28-23/h1-15H,16-18H2,(H,29,31). The molecule has 0 aliphatic rings. The molecule has 4 rings (SSSR count). The molecule has 160 valence electrons. The number of aromatic nitrogens is 2. The predicted octanol–water partition coefficient (Wildman–Crippen LogP) is 5.23. The Morgan fingerprint density at radius 2 is 1.72 bits per heavy atom. The fraction of sp³-hybridized carbons (Fsp3) is 0.115. The third kappa shape index (κ3) is 5.93. The number of rotatable bonds is 8. The highest BCUT2D eigenvalue weighted by atomic mass is 35.5. The van der Waals surface area contributed by atoms with E-state index in [4.69, 9.17) is 16.3 Å². The number of carbonyl (C=O) groups is 1. The van der Waals surface area contributed by atoms with Crippen LogP contribution < -0.4 is 10.1 Å². The molecule has 1 amide bonds. The van der Waals surface area contributed by atoms with Crippen LogP contribution in [-0.4, -0.2) is 15.9 Å². The van der Waals surface area contributed by atoms with Gasteiger partial charge < -0.3 is 10.1 Å². The highest BCUT2D eigenvalue weighted by molar-refractivity contribution is 6.30.